The quantitative estimate of drug-likeness (QED) is 0.860. The van der Waals surface area contributed by atoms with Crippen molar-refractivity contribution in [2.75, 3.05) is 13.6 Å². The van der Waals surface area contributed by atoms with E-state index in [1.165, 1.54) is 21.8 Å². The van der Waals surface area contributed by atoms with Gasteiger partial charge >= 0.3 is 0 Å². The number of nitrogens with zero attached hydrogens (tertiary/aromatic N) is 2. The predicted molar refractivity (Wildman–Crippen MR) is 89.5 cm³/mol. The van der Waals surface area contributed by atoms with Gasteiger partial charge < -0.3 is 10.1 Å². The van der Waals surface area contributed by atoms with Gasteiger partial charge in [0.05, 0.1) is 5.52 Å². The van der Waals surface area contributed by atoms with Crippen molar-refractivity contribution >= 4 is 33.1 Å². The molecule has 1 aliphatic rings. The summed E-state index contributed by atoms with van der Waals surface area (Å²) in [7, 11) is 4.00. The average molecular weight is 352 g/mol. The molecule has 2 aromatic rings. The molecule has 0 bridgehead atoms. The Hall–Kier alpha value is -1.20. The minimum atomic E-state index is 0.639. The third-order valence-corrected chi connectivity index (χ3v) is 4.41. The third kappa shape index (κ3) is 3.71. The molecule has 1 heterocycles. The number of aldehydes is 1. The molecule has 2 atom stereocenters. The van der Waals surface area contributed by atoms with E-state index in [9.17, 15) is 4.79 Å². The van der Waals surface area contributed by atoms with Crippen molar-refractivity contribution in [2.24, 2.45) is 13.0 Å². The number of hydrogen-bond acceptors (Lipinski definition) is 3. The van der Waals surface area contributed by atoms with Crippen LogP contribution in [0.2, 0.25) is 0 Å². The molecule has 1 aromatic heterocycles. The normalized spacial score (nSPS) is 20.0. The highest BCUT2D eigenvalue weighted by molar-refractivity contribution is 9.10. The van der Waals surface area contributed by atoms with Gasteiger partial charge in [-0.15, -0.1) is 0 Å². The SMILES string of the molecule is CCC=O.CNCC1CC1c1c(Br)ccc2nn(C)cc12. The van der Waals surface area contributed by atoms with Gasteiger partial charge in [-0.2, -0.15) is 5.10 Å². The summed E-state index contributed by atoms with van der Waals surface area (Å²) >= 11 is 3.69. The second-order valence-corrected chi connectivity index (χ2v) is 6.29. The van der Waals surface area contributed by atoms with Crippen molar-refractivity contribution in [2.45, 2.75) is 25.7 Å². The van der Waals surface area contributed by atoms with Crippen LogP contribution in [-0.2, 0) is 11.8 Å². The molecule has 5 heteroatoms. The summed E-state index contributed by atoms with van der Waals surface area (Å²) in [6.07, 6.45) is 4.93. The first-order valence-electron chi connectivity index (χ1n) is 7.32. The Morgan fingerprint density at radius 3 is 2.86 bits per heavy atom. The van der Waals surface area contributed by atoms with Crippen LogP contribution in [-0.4, -0.2) is 29.7 Å². The molecule has 1 fully saturated rings. The van der Waals surface area contributed by atoms with Crippen molar-refractivity contribution in [1.29, 1.82) is 0 Å². The number of aromatic nitrogens is 2. The second-order valence-electron chi connectivity index (χ2n) is 5.43. The molecule has 4 nitrogen and oxygen atoms in total. The van der Waals surface area contributed by atoms with E-state index < -0.39 is 0 Å². The van der Waals surface area contributed by atoms with Gasteiger partial charge in [0, 0.05) is 29.5 Å². The van der Waals surface area contributed by atoms with E-state index >= 15 is 0 Å². The Bertz CT molecular complexity index is 623. The molecule has 1 saturated carbocycles. The molecule has 3 rings (SSSR count). The van der Waals surface area contributed by atoms with Gasteiger partial charge in [-0.1, -0.05) is 22.9 Å². The summed E-state index contributed by atoms with van der Waals surface area (Å²) in [4.78, 5) is 9.17. The highest BCUT2D eigenvalue weighted by Gasteiger charge is 2.39. The molecule has 1 aliphatic carbocycles. The van der Waals surface area contributed by atoms with Crippen LogP contribution in [0, 0.1) is 5.92 Å². The Kier molecular flexibility index (Phi) is 5.53. The van der Waals surface area contributed by atoms with E-state index in [-0.39, 0.29) is 0 Å². The summed E-state index contributed by atoms with van der Waals surface area (Å²) in [5.41, 5.74) is 2.54. The van der Waals surface area contributed by atoms with E-state index in [1.54, 1.807) is 0 Å². The highest BCUT2D eigenvalue weighted by atomic mass is 79.9. The van der Waals surface area contributed by atoms with Gasteiger partial charge in [0.1, 0.15) is 6.29 Å². The summed E-state index contributed by atoms with van der Waals surface area (Å²) in [6, 6.07) is 4.21. The van der Waals surface area contributed by atoms with Crippen molar-refractivity contribution in [3.63, 3.8) is 0 Å². The standard InChI is InChI=1S/C13H16BrN3.C3H6O/c1-15-6-8-5-9(8)13-10-7-17(2)16-12(10)4-3-11(13)14;1-2-3-4/h3-4,7-9,15H,5-6H2,1-2H3;3H,2H2,1H3. The monoisotopic (exact) mass is 351 g/mol. The molecule has 21 heavy (non-hydrogen) atoms. The van der Waals surface area contributed by atoms with Crippen molar-refractivity contribution in [3.8, 4) is 0 Å². The Morgan fingerprint density at radius 2 is 2.24 bits per heavy atom. The number of nitrogens with one attached hydrogen (secondary N) is 1. The first-order chi connectivity index (χ1) is 10.1. The van der Waals surface area contributed by atoms with Crippen molar-refractivity contribution < 1.29 is 4.79 Å². The van der Waals surface area contributed by atoms with Crippen LogP contribution in [0.1, 0.15) is 31.2 Å². The van der Waals surface area contributed by atoms with Gasteiger partial charge in [-0.05, 0) is 49.5 Å². The topological polar surface area (TPSA) is 46.9 Å². The first-order valence-corrected chi connectivity index (χ1v) is 8.11. The van der Waals surface area contributed by atoms with E-state index in [1.807, 2.05) is 25.7 Å². The first kappa shape index (κ1) is 16.2. The lowest BCUT2D eigenvalue weighted by Crippen LogP contribution is -2.10. The van der Waals surface area contributed by atoms with E-state index in [4.69, 9.17) is 0 Å². The maximum Gasteiger partial charge on any atom is 0.119 e. The van der Waals surface area contributed by atoms with Crippen LogP contribution >= 0.6 is 15.9 Å². The smallest absolute Gasteiger partial charge is 0.119 e. The summed E-state index contributed by atoms with van der Waals surface area (Å²) < 4.78 is 3.12. The zero-order chi connectivity index (χ0) is 15.4. The van der Waals surface area contributed by atoms with E-state index in [0.717, 1.165) is 24.3 Å². The molecular formula is C16H22BrN3O. The Labute approximate surface area is 134 Å². The fourth-order valence-electron chi connectivity index (χ4n) is 2.67. The van der Waals surface area contributed by atoms with Gasteiger partial charge in [0.25, 0.3) is 0 Å². The highest BCUT2D eigenvalue weighted by Crippen LogP contribution is 2.51. The van der Waals surface area contributed by atoms with Gasteiger partial charge in [-0.3, -0.25) is 4.68 Å². The maximum atomic E-state index is 9.17. The molecule has 0 amide bonds. The third-order valence-electron chi connectivity index (χ3n) is 3.72. The minimum absolute atomic E-state index is 0.639. The molecule has 0 saturated heterocycles. The molecular weight excluding hydrogens is 330 g/mol. The minimum Gasteiger partial charge on any atom is -0.319 e. The van der Waals surface area contributed by atoms with Crippen LogP contribution in [0.5, 0.6) is 0 Å². The van der Waals surface area contributed by atoms with E-state index in [2.05, 4.69) is 44.7 Å². The van der Waals surface area contributed by atoms with Gasteiger partial charge in [0.15, 0.2) is 0 Å². The maximum absolute atomic E-state index is 9.17. The number of aryl methyl sites for hydroxylation is 1. The predicted octanol–water partition coefficient (Wildman–Crippen LogP) is 3.25. The molecule has 114 valence electrons. The molecule has 0 aliphatic heterocycles. The fraction of sp³-hybridized carbons (Fsp3) is 0.500. The average Bonchev–Trinajstić information content (AvgIpc) is 3.10. The summed E-state index contributed by atoms with van der Waals surface area (Å²) in [5, 5.41) is 9.04. The number of rotatable bonds is 4. The van der Waals surface area contributed by atoms with Gasteiger partial charge in [-0.25, -0.2) is 0 Å². The zero-order valence-electron chi connectivity index (χ0n) is 12.8. The number of carbonyl (C=O) groups is 1. The largest absolute Gasteiger partial charge is 0.319 e. The molecule has 1 N–H and O–H groups in total. The number of benzene rings is 1. The molecule has 0 radical (unpaired) electrons. The summed E-state index contributed by atoms with van der Waals surface area (Å²) in [6.45, 7) is 2.92. The Morgan fingerprint density at radius 1 is 1.52 bits per heavy atom. The van der Waals surface area contributed by atoms with Crippen molar-refractivity contribution in [3.05, 3.63) is 28.4 Å². The zero-order valence-corrected chi connectivity index (χ0v) is 14.4. The fourth-order valence-corrected chi connectivity index (χ4v) is 3.31. The van der Waals surface area contributed by atoms with Crippen LogP contribution in [0.15, 0.2) is 22.8 Å². The van der Waals surface area contributed by atoms with Gasteiger partial charge in [0.2, 0.25) is 0 Å². The van der Waals surface area contributed by atoms with Crippen LogP contribution < -0.4 is 5.32 Å². The summed E-state index contributed by atoms with van der Waals surface area (Å²) in [5.74, 6) is 1.46. The second kappa shape index (κ2) is 7.18. The number of halogens is 1. The van der Waals surface area contributed by atoms with Crippen molar-refractivity contribution in [1.82, 2.24) is 15.1 Å². The molecule has 1 aromatic carbocycles. The lowest BCUT2D eigenvalue weighted by atomic mass is 10.0. The molecule has 2 unspecified atom stereocenters. The number of carbonyl (C=O) groups excluding carboxylic acids is 1. The van der Waals surface area contributed by atoms with Crippen LogP contribution in [0.3, 0.4) is 0 Å². The lowest BCUT2D eigenvalue weighted by molar-refractivity contribution is -0.107. The van der Waals surface area contributed by atoms with Crippen LogP contribution in [0.25, 0.3) is 10.9 Å². The number of fused-ring (bicyclic) bond motifs is 1. The number of hydrogen-bond donors (Lipinski definition) is 1. The van der Waals surface area contributed by atoms with E-state index in [0.29, 0.717) is 12.3 Å². The van der Waals surface area contributed by atoms with Crippen LogP contribution in [0.4, 0.5) is 0 Å². The Balaban J connectivity index is 0.000000361. The molecule has 0 spiro atoms. The lowest BCUT2D eigenvalue weighted by Gasteiger charge is -2.05.